The van der Waals surface area contributed by atoms with Crippen LogP contribution < -0.4 is 0 Å². The number of fused-ring (bicyclic) bond motifs is 5. The maximum Gasteiger partial charge on any atom is 0.0894 e. The van der Waals surface area contributed by atoms with E-state index in [1.807, 2.05) is 0 Å². The Kier molecular flexibility index (Phi) is 2.29. The predicted molar refractivity (Wildman–Crippen MR) is 70.1 cm³/mol. The highest BCUT2D eigenvalue weighted by molar-refractivity contribution is 5.26. The van der Waals surface area contributed by atoms with E-state index >= 15 is 0 Å². The van der Waals surface area contributed by atoms with E-state index in [0.29, 0.717) is 0 Å². The lowest BCUT2D eigenvalue weighted by molar-refractivity contribution is 0.173. The topological polar surface area (TPSA) is 24.7 Å². The molecule has 17 heavy (non-hydrogen) atoms. The molecule has 0 spiro atoms. The lowest BCUT2D eigenvalue weighted by Crippen LogP contribution is -2.43. The molecular weight excluding hydrogens is 208 g/mol. The number of hydrogen-bond acceptors (Lipinski definition) is 2. The van der Waals surface area contributed by atoms with Crippen LogP contribution in [0.5, 0.6) is 0 Å². The Morgan fingerprint density at radius 2 is 1.12 bits per heavy atom. The van der Waals surface area contributed by atoms with Crippen molar-refractivity contribution in [1.29, 1.82) is 0 Å². The summed E-state index contributed by atoms with van der Waals surface area (Å²) in [6.45, 7) is 9.54. The zero-order valence-corrected chi connectivity index (χ0v) is 11.8. The average Bonchev–Trinajstić information content (AvgIpc) is 2.45. The maximum atomic E-state index is 4.74. The fourth-order valence-corrected chi connectivity index (χ4v) is 4.88. The van der Waals surface area contributed by atoms with Gasteiger partial charge in [-0.2, -0.15) is 10.2 Å². The summed E-state index contributed by atoms with van der Waals surface area (Å²) in [5.41, 5.74) is 0.438. The highest BCUT2D eigenvalue weighted by Crippen LogP contribution is 2.68. The van der Waals surface area contributed by atoms with Crippen LogP contribution in [0.15, 0.2) is 10.2 Å². The van der Waals surface area contributed by atoms with Crippen molar-refractivity contribution in [3.05, 3.63) is 0 Å². The standard InChI is InChI=1S/C15H26N2/c1-13(2)14(3)11-9-7-5-6-8-10-12(11)15(13,4)17-16-14/h11-12H,5-10H2,1-4H3/t11-,12-,14-,15+/m1/s1. The molecule has 1 heterocycles. The van der Waals surface area contributed by atoms with Gasteiger partial charge in [0.2, 0.25) is 0 Å². The SMILES string of the molecule is CC1(C)[C@@]2(C)N=N[C@]1(C)[C@@H]1CCCCCC[C@H]12. The van der Waals surface area contributed by atoms with Crippen LogP contribution in [0.25, 0.3) is 0 Å². The van der Waals surface area contributed by atoms with Gasteiger partial charge in [-0.1, -0.05) is 39.5 Å². The van der Waals surface area contributed by atoms with Gasteiger partial charge in [0.05, 0.1) is 11.1 Å². The second-order valence-corrected chi connectivity index (χ2v) is 7.32. The third-order valence-corrected chi connectivity index (χ3v) is 6.71. The first-order chi connectivity index (χ1) is 7.93. The second kappa shape index (κ2) is 3.33. The van der Waals surface area contributed by atoms with Crippen molar-refractivity contribution < 1.29 is 0 Å². The molecule has 96 valence electrons. The van der Waals surface area contributed by atoms with Gasteiger partial charge in [-0.05, 0) is 38.5 Å². The molecule has 0 radical (unpaired) electrons. The lowest BCUT2D eigenvalue weighted by atomic mass is 9.68. The smallest absolute Gasteiger partial charge is 0.0894 e. The molecule has 2 heteroatoms. The van der Waals surface area contributed by atoms with Crippen LogP contribution in [0.2, 0.25) is 0 Å². The molecule has 3 aliphatic rings. The minimum absolute atomic E-state index is 0.101. The summed E-state index contributed by atoms with van der Waals surface area (Å²) in [6, 6.07) is 0. The molecule has 4 atom stereocenters. The fourth-order valence-electron chi connectivity index (χ4n) is 4.88. The predicted octanol–water partition coefficient (Wildman–Crippen LogP) is 4.60. The van der Waals surface area contributed by atoms with E-state index in [9.17, 15) is 0 Å². The van der Waals surface area contributed by atoms with Crippen molar-refractivity contribution in [1.82, 2.24) is 0 Å². The van der Waals surface area contributed by atoms with Crippen LogP contribution in [0.1, 0.15) is 66.2 Å². The molecule has 0 N–H and O–H groups in total. The van der Waals surface area contributed by atoms with E-state index in [0.717, 1.165) is 11.8 Å². The summed E-state index contributed by atoms with van der Waals surface area (Å²) in [4.78, 5) is 0. The molecule has 0 aromatic carbocycles. The average molecular weight is 234 g/mol. The quantitative estimate of drug-likeness (QED) is 0.585. The zero-order chi connectivity index (χ0) is 12.3. The molecule has 0 saturated heterocycles. The van der Waals surface area contributed by atoms with Crippen LogP contribution >= 0.6 is 0 Å². The third kappa shape index (κ3) is 1.17. The largest absolute Gasteiger partial charge is 0.186 e. The first kappa shape index (κ1) is 11.7. The number of hydrogen-bond donors (Lipinski definition) is 0. The molecule has 1 aliphatic heterocycles. The third-order valence-electron chi connectivity index (χ3n) is 6.71. The van der Waals surface area contributed by atoms with E-state index in [1.54, 1.807) is 0 Å². The Balaban J connectivity index is 2.04. The van der Waals surface area contributed by atoms with Gasteiger partial charge >= 0.3 is 0 Å². The van der Waals surface area contributed by atoms with Gasteiger partial charge in [-0.15, -0.1) is 0 Å². The van der Waals surface area contributed by atoms with Gasteiger partial charge in [-0.3, -0.25) is 0 Å². The van der Waals surface area contributed by atoms with E-state index < -0.39 is 0 Å². The highest BCUT2D eigenvalue weighted by Gasteiger charge is 2.72. The summed E-state index contributed by atoms with van der Waals surface area (Å²) in [5.74, 6) is 1.56. The minimum Gasteiger partial charge on any atom is -0.186 e. The van der Waals surface area contributed by atoms with E-state index in [4.69, 9.17) is 10.2 Å². The fraction of sp³-hybridized carbons (Fsp3) is 1.00. The van der Waals surface area contributed by atoms with Crippen LogP contribution in [-0.2, 0) is 0 Å². The highest BCUT2D eigenvalue weighted by atomic mass is 15.3. The summed E-state index contributed by atoms with van der Waals surface area (Å²) in [6.07, 6.45) is 8.40. The molecule has 2 fully saturated rings. The van der Waals surface area contributed by atoms with Crippen LogP contribution in [0.3, 0.4) is 0 Å². The van der Waals surface area contributed by atoms with Gasteiger partial charge in [0.1, 0.15) is 0 Å². The first-order valence-corrected chi connectivity index (χ1v) is 7.37. The molecule has 2 aliphatic carbocycles. The molecular formula is C15H26N2. The summed E-state index contributed by atoms with van der Waals surface area (Å²) < 4.78 is 0. The van der Waals surface area contributed by atoms with Crippen molar-refractivity contribution in [2.75, 3.05) is 0 Å². The van der Waals surface area contributed by atoms with E-state index in [1.165, 1.54) is 38.5 Å². The Morgan fingerprint density at radius 3 is 1.53 bits per heavy atom. The Hall–Kier alpha value is -0.400. The normalized spacial score (nSPS) is 52.0. The molecule has 2 saturated carbocycles. The summed E-state index contributed by atoms with van der Waals surface area (Å²) in [7, 11) is 0. The summed E-state index contributed by atoms with van der Waals surface area (Å²) in [5, 5.41) is 9.48. The molecule has 0 unspecified atom stereocenters. The Morgan fingerprint density at radius 1 is 0.706 bits per heavy atom. The Labute approximate surface area is 105 Å². The zero-order valence-electron chi connectivity index (χ0n) is 11.8. The van der Waals surface area contributed by atoms with Crippen molar-refractivity contribution in [3.8, 4) is 0 Å². The Bertz CT molecular complexity index is 328. The number of nitrogens with zero attached hydrogens (tertiary/aromatic N) is 2. The molecule has 3 rings (SSSR count). The van der Waals surface area contributed by atoms with E-state index in [-0.39, 0.29) is 16.5 Å². The molecule has 2 nitrogen and oxygen atoms in total. The minimum atomic E-state index is 0.101. The van der Waals surface area contributed by atoms with Crippen LogP contribution in [-0.4, -0.2) is 11.1 Å². The molecule has 0 aromatic rings. The monoisotopic (exact) mass is 234 g/mol. The maximum absolute atomic E-state index is 4.74. The first-order valence-electron chi connectivity index (χ1n) is 7.37. The number of azo groups is 1. The van der Waals surface area contributed by atoms with Gasteiger partial charge in [0.15, 0.2) is 0 Å². The van der Waals surface area contributed by atoms with Gasteiger partial charge in [-0.25, -0.2) is 0 Å². The van der Waals surface area contributed by atoms with E-state index in [2.05, 4.69) is 27.7 Å². The van der Waals surface area contributed by atoms with Gasteiger partial charge in [0, 0.05) is 5.41 Å². The molecule has 0 amide bonds. The van der Waals surface area contributed by atoms with Gasteiger partial charge < -0.3 is 0 Å². The van der Waals surface area contributed by atoms with Crippen LogP contribution in [0, 0.1) is 17.3 Å². The number of rotatable bonds is 0. The van der Waals surface area contributed by atoms with Crippen molar-refractivity contribution in [2.24, 2.45) is 27.5 Å². The second-order valence-electron chi connectivity index (χ2n) is 7.32. The van der Waals surface area contributed by atoms with Crippen molar-refractivity contribution in [3.63, 3.8) is 0 Å². The van der Waals surface area contributed by atoms with Crippen molar-refractivity contribution in [2.45, 2.75) is 77.3 Å². The molecule has 2 bridgehead atoms. The molecule has 0 aromatic heterocycles. The summed E-state index contributed by atoms with van der Waals surface area (Å²) >= 11 is 0. The lowest BCUT2D eigenvalue weighted by Gasteiger charge is -2.36. The van der Waals surface area contributed by atoms with Gasteiger partial charge in [0.25, 0.3) is 0 Å². The van der Waals surface area contributed by atoms with Crippen molar-refractivity contribution >= 4 is 0 Å². The van der Waals surface area contributed by atoms with Crippen LogP contribution in [0.4, 0.5) is 0 Å².